The van der Waals surface area contributed by atoms with Gasteiger partial charge in [-0.2, -0.15) is 0 Å². The largest absolute Gasteiger partial charge is 0.540 e. The SMILES string of the molecule is CCS(=O)(=O)CNc1nc(C(=O)O)c(O[Si](C(C)C)(C(C)C)C(C)C)c2nc(C)cnc12. The quantitative estimate of drug-likeness (QED) is 0.473. The number of aromatic nitrogens is 3. The molecule has 0 spiro atoms. The first kappa shape index (κ1) is 26.0. The van der Waals surface area contributed by atoms with Crippen molar-refractivity contribution in [3.05, 3.63) is 17.6 Å². The highest BCUT2D eigenvalue weighted by molar-refractivity contribution is 7.91. The summed E-state index contributed by atoms with van der Waals surface area (Å²) in [6.07, 6.45) is 1.53. The van der Waals surface area contributed by atoms with Gasteiger partial charge in [0.05, 0.1) is 5.69 Å². The molecule has 0 fully saturated rings. The van der Waals surface area contributed by atoms with Gasteiger partial charge in [0.25, 0.3) is 8.32 Å². The number of hydrogen-bond donors (Lipinski definition) is 2. The van der Waals surface area contributed by atoms with E-state index in [1.807, 2.05) is 0 Å². The molecule has 2 rings (SSSR count). The molecule has 32 heavy (non-hydrogen) atoms. The number of rotatable bonds is 10. The van der Waals surface area contributed by atoms with Gasteiger partial charge in [-0.15, -0.1) is 0 Å². The van der Waals surface area contributed by atoms with Crippen molar-refractivity contribution in [1.82, 2.24) is 15.0 Å². The van der Waals surface area contributed by atoms with Crippen molar-refractivity contribution in [2.24, 2.45) is 0 Å². The van der Waals surface area contributed by atoms with Gasteiger partial charge in [0.2, 0.25) is 0 Å². The first-order chi connectivity index (χ1) is 14.8. The Labute approximate surface area is 191 Å². The average Bonchev–Trinajstić information content (AvgIpc) is 2.69. The fraction of sp³-hybridized carbons (Fsp3) is 0.619. The maximum absolute atomic E-state index is 12.2. The van der Waals surface area contributed by atoms with Crippen molar-refractivity contribution in [1.29, 1.82) is 0 Å². The minimum absolute atomic E-state index is 0.0546. The molecule has 9 nitrogen and oxygen atoms in total. The summed E-state index contributed by atoms with van der Waals surface area (Å²) < 4.78 is 30.7. The van der Waals surface area contributed by atoms with E-state index >= 15 is 0 Å². The fourth-order valence-corrected chi connectivity index (χ4v) is 10.1. The van der Waals surface area contributed by atoms with E-state index in [0.29, 0.717) is 5.69 Å². The summed E-state index contributed by atoms with van der Waals surface area (Å²) in [5.74, 6) is -1.55. The van der Waals surface area contributed by atoms with Gasteiger partial charge >= 0.3 is 5.97 Å². The number of carbonyl (C=O) groups is 1. The molecule has 2 N–H and O–H groups in total. The van der Waals surface area contributed by atoms with E-state index in [0.717, 1.165) is 0 Å². The second kappa shape index (κ2) is 9.70. The van der Waals surface area contributed by atoms with E-state index < -0.39 is 24.1 Å². The van der Waals surface area contributed by atoms with Crippen LogP contribution in [0.1, 0.15) is 64.6 Å². The van der Waals surface area contributed by atoms with Gasteiger partial charge in [0.15, 0.2) is 27.1 Å². The summed E-state index contributed by atoms with van der Waals surface area (Å²) in [5.41, 5.74) is 1.43. The van der Waals surface area contributed by atoms with Crippen LogP contribution in [-0.2, 0) is 9.84 Å². The standard InChI is InChI=1S/C21H34N4O5SSi/c1-9-31(28,29)11-23-20-17-16(24-15(8)10-22-17)19(18(25-20)21(26)27)30-32(12(2)3,13(4)5)14(6)7/h10,12-14H,9,11H2,1-8H3,(H,23,25)(H,26,27). The molecule has 11 heteroatoms. The Balaban J connectivity index is 2.83. The number of nitrogens with zero attached hydrogens (tertiary/aromatic N) is 3. The van der Waals surface area contributed by atoms with Gasteiger partial charge in [-0.1, -0.05) is 48.5 Å². The number of sulfone groups is 1. The molecule has 0 saturated carbocycles. The molecule has 0 unspecified atom stereocenters. The topological polar surface area (TPSA) is 131 Å². The van der Waals surface area contributed by atoms with E-state index in [1.54, 1.807) is 13.8 Å². The number of carboxylic acid groups (broad SMARTS) is 1. The maximum atomic E-state index is 12.2. The molecular weight excluding hydrogens is 448 g/mol. The molecule has 0 aliphatic carbocycles. The molecule has 178 valence electrons. The lowest BCUT2D eigenvalue weighted by Crippen LogP contribution is -2.51. The van der Waals surface area contributed by atoms with Crippen LogP contribution in [0.5, 0.6) is 5.75 Å². The minimum Gasteiger partial charge on any atom is -0.540 e. The van der Waals surface area contributed by atoms with E-state index in [9.17, 15) is 18.3 Å². The number of aryl methyl sites for hydroxylation is 1. The summed E-state index contributed by atoms with van der Waals surface area (Å²) in [6, 6.07) is 0. The monoisotopic (exact) mass is 482 g/mol. The van der Waals surface area contributed by atoms with Gasteiger partial charge in [0.1, 0.15) is 16.9 Å². The van der Waals surface area contributed by atoms with Crippen LogP contribution in [0.25, 0.3) is 11.0 Å². The second-order valence-corrected chi connectivity index (χ2v) is 16.7. The van der Waals surface area contributed by atoms with Crippen molar-refractivity contribution >= 4 is 41.0 Å². The molecule has 0 aliphatic heterocycles. The van der Waals surface area contributed by atoms with Crippen LogP contribution in [0.3, 0.4) is 0 Å². The molecule has 2 aromatic heterocycles. The lowest BCUT2D eigenvalue weighted by molar-refractivity contribution is 0.0688. The zero-order valence-electron chi connectivity index (χ0n) is 20.1. The van der Waals surface area contributed by atoms with E-state index in [4.69, 9.17) is 4.43 Å². The number of carboxylic acids is 1. The molecule has 0 bridgehead atoms. The number of nitrogens with one attached hydrogen (secondary N) is 1. The van der Waals surface area contributed by atoms with Gasteiger partial charge in [-0.05, 0) is 23.5 Å². The van der Waals surface area contributed by atoms with Gasteiger partial charge in [0, 0.05) is 11.9 Å². The van der Waals surface area contributed by atoms with Crippen LogP contribution >= 0.6 is 0 Å². The summed E-state index contributed by atoms with van der Waals surface area (Å²) in [6.45, 7) is 15.9. The van der Waals surface area contributed by atoms with Crippen LogP contribution in [0.4, 0.5) is 5.82 Å². The van der Waals surface area contributed by atoms with Crippen molar-refractivity contribution < 1.29 is 22.7 Å². The Kier molecular flexibility index (Phi) is 7.87. The Morgan fingerprint density at radius 3 is 2.12 bits per heavy atom. The third-order valence-corrected chi connectivity index (χ3v) is 13.3. The van der Waals surface area contributed by atoms with E-state index in [1.165, 1.54) is 6.20 Å². The molecule has 0 atom stereocenters. The van der Waals surface area contributed by atoms with Crippen molar-refractivity contribution in [3.8, 4) is 5.75 Å². The smallest absolute Gasteiger partial charge is 0.358 e. The van der Waals surface area contributed by atoms with Crippen molar-refractivity contribution in [2.75, 3.05) is 16.9 Å². The lowest BCUT2D eigenvalue weighted by atomic mass is 10.2. The number of pyridine rings is 1. The summed E-state index contributed by atoms with van der Waals surface area (Å²) in [5, 5.41) is 12.7. The minimum atomic E-state index is -3.37. The molecule has 2 heterocycles. The molecule has 0 aromatic carbocycles. The molecule has 0 saturated heterocycles. The Hall–Kier alpha value is -2.27. The molecule has 0 amide bonds. The third-order valence-electron chi connectivity index (χ3n) is 5.86. The van der Waals surface area contributed by atoms with Gasteiger partial charge in [-0.3, -0.25) is 0 Å². The highest BCUT2D eigenvalue weighted by atomic mass is 32.2. The average molecular weight is 483 g/mol. The normalized spacial score (nSPS) is 12.7. The number of anilines is 1. The Morgan fingerprint density at radius 1 is 1.09 bits per heavy atom. The van der Waals surface area contributed by atoms with Crippen LogP contribution < -0.4 is 9.74 Å². The molecular formula is C21H34N4O5SSi. The third kappa shape index (κ3) is 5.03. The Bertz CT molecular complexity index is 1080. The Morgan fingerprint density at radius 2 is 1.66 bits per heavy atom. The van der Waals surface area contributed by atoms with E-state index in [2.05, 4.69) is 61.8 Å². The highest BCUT2D eigenvalue weighted by Crippen LogP contribution is 2.45. The maximum Gasteiger partial charge on any atom is 0.358 e. The molecule has 0 radical (unpaired) electrons. The number of fused-ring (bicyclic) bond motifs is 1. The fourth-order valence-electron chi connectivity index (χ4n) is 4.31. The zero-order chi connectivity index (χ0) is 24.4. The van der Waals surface area contributed by atoms with E-state index in [-0.39, 0.29) is 56.5 Å². The zero-order valence-corrected chi connectivity index (χ0v) is 21.9. The van der Waals surface area contributed by atoms with Gasteiger partial charge < -0.3 is 14.8 Å². The van der Waals surface area contributed by atoms with Crippen molar-refractivity contribution in [3.63, 3.8) is 0 Å². The van der Waals surface area contributed by atoms with Crippen molar-refractivity contribution in [2.45, 2.75) is 72.0 Å². The van der Waals surface area contributed by atoms with Crippen LogP contribution in [-0.4, -0.2) is 54.4 Å². The second-order valence-electron chi connectivity index (χ2n) is 8.92. The highest BCUT2D eigenvalue weighted by Gasteiger charge is 2.48. The predicted octanol–water partition coefficient (Wildman–Crippen LogP) is 4.39. The summed E-state index contributed by atoms with van der Waals surface area (Å²) in [4.78, 5) is 25.4. The first-order valence-corrected chi connectivity index (χ1v) is 14.8. The predicted molar refractivity (Wildman–Crippen MR) is 129 cm³/mol. The molecule has 0 aliphatic rings. The number of aromatic carboxylic acids is 1. The number of hydrogen-bond acceptors (Lipinski definition) is 8. The molecule has 2 aromatic rings. The van der Waals surface area contributed by atoms with Gasteiger partial charge in [-0.25, -0.2) is 28.2 Å². The lowest BCUT2D eigenvalue weighted by Gasteiger charge is -2.42. The first-order valence-electron chi connectivity index (χ1n) is 10.8. The van der Waals surface area contributed by atoms with Crippen LogP contribution in [0.15, 0.2) is 6.20 Å². The van der Waals surface area contributed by atoms with Crippen LogP contribution in [0.2, 0.25) is 16.6 Å². The van der Waals surface area contributed by atoms with Crippen LogP contribution in [0, 0.1) is 6.92 Å². The summed E-state index contributed by atoms with van der Waals surface area (Å²) in [7, 11) is -5.91. The summed E-state index contributed by atoms with van der Waals surface area (Å²) >= 11 is 0.